The lowest BCUT2D eigenvalue weighted by Gasteiger charge is -2.26. The summed E-state index contributed by atoms with van der Waals surface area (Å²) in [6.45, 7) is 0.190. The highest BCUT2D eigenvalue weighted by Gasteiger charge is 2.33. The van der Waals surface area contributed by atoms with Crippen molar-refractivity contribution in [2.24, 2.45) is 0 Å². The van der Waals surface area contributed by atoms with E-state index in [0.717, 1.165) is 39.6 Å². The third-order valence-corrected chi connectivity index (χ3v) is 8.42. The van der Waals surface area contributed by atoms with Crippen LogP contribution in [0.5, 0.6) is 0 Å². The third kappa shape index (κ3) is 4.67. The predicted molar refractivity (Wildman–Crippen MR) is 184 cm³/mol. The summed E-state index contributed by atoms with van der Waals surface area (Å²) in [7, 11) is 0. The first kappa shape index (κ1) is 25.9. The standard InChI is InChI=1S/C40H28BN3/c1-3-15-31(16-4-1)41-37-22-8-7-21-35(37)36-27-40(43-28-38(36)41)30-14-12-20-34(26-30)44(32-17-5-2-6-18-32)33-19-11-13-29(25-33)39-23-9-10-24-42-39/h1-28H. The van der Waals surface area contributed by atoms with Gasteiger partial charge in [-0.2, -0.15) is 0 Å². The number of pyridine rings is 2. The molecule has 3 heterocycles. The van der Waals surface area contributed by atoms with E-state index in [2.05, 4.69) is 156 Å². The van der Waals surface area contributed by atoms with Crippen LogP contribution in [0.4, 0.5) is 17.1 Å². The lowest BCUT2D eigenvalue weighted by molar-refractivity contribution is 1.27. The van der Waals surface area contributed by atoms with Crippen LogP contribution < -0.4 is 21.3 Å². The Morgan fingerprint density at radius 3 is 1.80 bits per heavy atom. The zero-order chi connectivity index (χ0) is 29.3. The Bertz CT molecular complexity index is 2080. The first-order chi connectivity index (χ1) is 21.8. The van der Waals surface area contributed by atoms with Crippen LogP contribution in [0.25, 0.3) is 33.6 Å². The van der Waals surface area contributed by atoms with Crippen LogP contribution in [0.15, 0.2) is 170 Å². The molecule has 0 unspecified atom stereocenters. The van der Waals surface area contributed by atoms with Gasteiger partial charge in [-0.15, -0.1) is 0 Å². The van der Waals surface area contributed by atoms with E-state index in [1.165, 1.54) is 27.5 Å². The zero-order valence-corrected chi connectivity index (χ0v) is 24.1. The molecule has 206 valence electrons. The van der Waals surface area contributed by atoms with E-state index in [-0.39, 0.29) is 6.71 Å². The third-order valence-electron chi connectivity index (χ3n) is 8.42. The predicted octanol–water partition coefficient (Wildman–Crippen LogP) is 7.78. The maximum absolute atomic E-state index is 5.05. The summed E-state index contributed by atoms with van der Waals surface area (Å²) in [5.41, 5.74) is 13.7. The van der Waals surface area contributed by atoms with E-state index < -0.39 is 0 Å². The van der Waals surface area contributed by atoms with Crippen LogP contribution in [0.1, 0.15) is 0 Å². The van der Waals surface area contributed by atoms with Gasteiger partial charge in [0.2, 0.25) is 6.71 Å². The van der Waals surface area contributed by atoms with E-state index in [9.17, 15) is 0 Å². The average Bonchev–Trinajstić information content (AvgIpc) is 3.44. The smallest absolute Gasteiger partial charge is 0.244 e. The van der Waals surface area contributed by atoms with E-state index in [1.54, 1.807) is 0 Å². The molecular formula is C40H28BN3. The van der Waals surface area contributed by atoms with Gasteiger partial charge in [-0.1, -0.05) is 114 Å². The molecule has 2 aromatic heterocycles. The van der Waals surface area contributed by atoms with E-state index in [4.69, 9.17) is 4.98 Å². The van der Waals surface area contributed by atoms with Crippen molar-refractivity contribution < 1.29 is 0 Å². The minimum absolute atomic E-state index is 0.190. The van der Waals surface area contributed by atoms with Gasteiger partial charge >= 0.3 is 0 Å². The number of aromatic nitrogens is 2. The Morgan fingerprint density at radius 1 is 0.432 bits per heavy atom. The number of hydrogen-bond donors (Lipinski definition) is 0. The van der Waals surface area contributed by atoms with Crippen LogP contribution in [-0.2, 0) is 0 Å². The summed E-state index contributed by atoms with van der Waals surface area (Å²) in [5.74, 6) is 0. The highest BCUT2D eigenvalue weighted by Crippen LogP contribution is 2.38. The maximum atomic E-state index is 5.05. The van der Waals surface area contributed by atoms with Crippen LogP contribution in [0.2, 0.25) is 0 Å². The minimum atomic E-state index is 0.190. The van der Waals surface area contributed by atoms with Crippen LogP contribution in [-0.4, -0.2) is 16.7 Å². The molecule has 0 saturated carbocycles. The average molecular weight is 561 g/mol. The highest BCUT2D eigenvalue weighted by molar-refractivity contribution is 6.99. The second kappa shape index (κ2) is 11.2. The number of anilines is 3. The lowest BCUT2D eigenvalue weighted by atomic mass is 9.39. The molecule has 44 heavy (non-hydrogen) atoms. The van der Waals surface area contributed by atoms with E-state index >= 15 is 0 Å². The van der Waals surface area contributed by atoms with Gasteiger partial charge < -0.3 is 4.90 Å². The van der Waals surface area contributed by atoms with Crippen molar-refractivity contribution in [2.75, 3.05) is 4.90 Å². The molecule has 0 bridgehead atoms. The van der Waals surface area contributed by atoms with Crippen LogP contribution in [0, 0.1) is 0 Å². The van der Waals surface area contributed by atoms with Gasteiger partial charge in [-0.3, -0.25) is 9.97 Å². The normalized spacial score (nSPS) is 11.6. The van der Waals surface area contributed by atoms with Gasteiger partial charge in [0.15, 0.2) is 0 Å². The number of fused-ring (bicyclic) bond motifs is 3. The molecule has 8 rings (SSSR count). The van der Waals surface area contributed by atoms with Gasteiger partial charge in [0.25, 0.3) is 0 Å². The summed E-state index contributed by atoms with van der Waals surface area (Å²) < 4.78 is 0. The monoisotopic (exact) mass is 561 g/mol. The number of para-hydroxylation sites is 1. The molecular weight excluding hydrogens is 533 g/mol. The minimum Gasteiger partial charge on any atom is -0.310 e. The first-order valence-electron chi connectivity index (χ1n) is 14.9. The molecule has 3 nitrogen and oxygen atoms in total. The molecule has 0 atom stereocenters. The van der Waals surface area contributed by atoms with Crippen molar-refractivity contribution >= 4 is 40.2 Å². The topological polar surface area (TPSA) is 29.0 Å². The lowest BCUT2D eigenvalue weighted by Crippen LogP contribution is -2.48. The molecule has 0 spiro atoms. The first-order valence-corrected chi connectivity index (χ1v) is 14.9. The molecule has 1 aliphatic rings. The van der Waals surface area contributed by atoms with Crippen molar-refractivity contribution in [3.05, 3.63) is 170 Å². The number of benzene rings is 5. The van der Waals surface area contributed by atoms with Crippen molar-refractivity contribution in [1.29, 1.82) is 0 Å². The fourth-order valence-corrected chi connectivity index (χ4v) is 6.42. The van der Waals surface area contributed by atoms with Gasteiger partial charge in [-0.05, 0) is 71.2 Å². The molecule has 7 aromatic rings. The Kier molecular flexibility index (Phi) is 6.58. The van der Waals surface area contributed by atoms with E-state index in [0.29, 0.717) is 0 Å². The highest BCUT2D eigenvalue weighted by atomic mass is 15.1. The summed E-state index contributed by atoms with van der Waals surface area (Å²) in [5, 5.41) is 0. The molecule has 1 aliphatic heterocycles. The number of nitrogens with zero attached hydrogens (tertiary/aromatic N) is 3. The second-order valence-corrected chi connectivity index (χ2v) is 11.1. The number of rotatable bonds is 6. The van der Waals surface area contributed by atoms with Gasteiger partial charge in [-0.25, -0.2) is 0 Å². The van der Waals surface area contributed by atoms with Crippen molar-refractivity contribution in [3.8, 4) is 33.6 Å². The number of hydrogen-bond acceptors (Lipinski definition) is 3. The summed E-state index contributed by atoms with van der Waals surface area (Å²) in [6.07, 6.45) is 3.92. The van der Waals surface area contributed by atoms with Gasteiger partial charge in [0.1, 0.15) is 0 Å². The van der Waals surface area contributed by atoms with Crippen LogP contribution in [0.3, 0.4) is 0 Å². The Balaban J connectivity index is 1.23. The van der Waals surface area contributed by atoms with Gasteiger partial charge in [0.05, 0.1) is 11.4 Å². The van der Waals surface area contributed by atoms with Crippen molar-refractivity contribution in [3.63, 3.8) is 0 Å². The molecule has 0 saturated heterocycles. The molecule has 0 aliphatic carbocycles. The van der Waals surface area contributed by atoms with E-state index in [1.807, 2.05) is 24.4 Å². The SMILES string of the molecule is c1ccc(B2c3ccccc3-c3cc(-c4cccc(N(c5ccccc5)c5cccc(-c6ccccn6)c5)c4)ncc32)cc1. The molecule has 0 radical (unpaired) electrons. The fourth-order valence-electron chi connectivity index (χ4n) is 6.42. The molecule has 0 fully saturated rings. The second-order valence-electron chi connectivity index (χ2n) is 11.1. The molecule has 5 aromatic carbocycles. The van der Waals surface area contributed by atoms with Crippen LogP contribution >= 0.6 is 0 Å². The zero-order valence-electron chi connectivity index (χ0n) is 24.1. The summed E-state index contributed by atoms with van der Waals surface area (Å²) in [6, 6.07) is 55.6. The molecule has 4 heteroatoms. The summed E-state index contributed by atoms with van der Waals surface area (Å²) in [4.78, 5) is 11.9. The Labute approximate surface area is 258 Å². The van der Waals surface area contributed by atoms with Crippen molar-refractivity contribution in [1.82, 2.24) is 9.97 Å². The molecule has 0 N–H and O–H groups in total. The quantitative estimate of drug-likeness (QED) is 0.194. The maximum Gasteiger partial charge on any atom is 0.244 e. The Hall–Kier alpha value is -5.74. The van der Waals surface area contributed by atoms with Crippen molar-refractivity contribution in [2.45, 2.75) is 0 Å². The largest absolute Gasteiger partial charge is 0.310 e. The summed E-state index contributed by atoms with van der Waals surface area (Å²) >= 11 is 0. The van der Waals surface area contributed by atoms with Gasteiger partial charge in [0, 0.05) is 40.6 Å². The Morgan fingerprint density at radius 2 is 1.07 bits per heavy atom. The molecule has 0 amide bonds. The fraction of sp³-hybridized carbons (Fsp3) is 0.